The fraction of sp³-hybridized carbons (Fsp3) is 0.438. The Balaban J connectivity index is 1.80. The molecule has 1 amide bonds. The smallest absolute Gasteiger partial charge is 0.309 e. The van der Waals surface area contributed by atoms with Crippen molar-refractivity contribution < 1.29 is 22.7 Å². The Morgan fingerprint density at radius 3 is 2.58 bits per heavy atom. The standard InChI is InChI=1S/C16H18ClN3O5S/c1-26(23,24)20-6-4-11(5-7-20)16(22)25-10-15(21)19-13-3-2-12(9-18)14(17)8-13/h2-3,8,11H,4-7,10H2,1H3,(H,19,21). The molecule has 26 heavy (non-hydrogen) atoms. The summed E-state index contributed by atoms with van der Waals surface area (Å²) in [5.74, 6) is -1.48. The third-order valence-electron chi connectivity index (χ3n) is 3.98. The number of amides is 1. The van der Waals surface area contributed by atoms with Gasteiger partial charge in [0.15, 0.2) is 6.61 Å². The molecule has 0 radical (unpaired) electrons. The van der Waals surface area contributed by atoms with Crippen molar-refractivity contribution in [2.45, 2.75) is 12.8 Å². The third-order valence-corrected chi connectivity index (χ3v) is 5.59. The van der Waals surface area contributed by atoms with Crippen LogP contribution >= 0.6 is 11.6 Å². The van der Waals surface area contributed by atoms with Crippen LogP contribution in [-0.2, 0) is 24.3 Å². The Kier molecular flexibility index (Phi) is 6.58. The number of benzene rings is 1. The summed E-state index contributed by atoms with van der Waals surface area (Å²) in [5.41, 5.74) is 0.674. The van der Waals surface area contributed by atoms with Crippen LogP contribution < -0.4 is 5.32 Å². The van der Waals surface area contributed by atoms with Crippen molar-refractivity contribution in [1.82, 2.24) is 4.31 Å². The van der Waals surface area contributed by atoms with E-state index < -0.39 is 34.4 Å². The summed E-state index contributed by atoms with van der Waals surface area (Å²) in [6.45, 7) is 0.0613. The molecule has 0 spiro atoms. The molecule has 10 heteroatoms. The summed E-state index contributed by atoms with van der Waals surface area (Å²) in [4.78, 5) is 23.9. The lowest BCUT2D eigenvalue weighted by Gasteiger charge is -2.28. The molecule has 8 nitrogen and oxygen atoms in total. The average Bonchev–Trinajstić information content (AvgIpc) is 2.59. The molecule has 1 aliphatic heterocycles. The highest BCUT2D eigenvalue weighted by Crippen LogP contribution is 2.21. The molecule has 0 unspecified atom stereocenters. The van der Waals surface area contributed by atoms with Crippen molar-refractivity contribution in [3.63, 3.8) is 0 Å². The van der Waals surface area contributed by atoms with Crippen LogP contribution in [0.5, 0.6) is 0 Å². The number of nitrogens with zero attached hydrogens (tertiary/aromatic N) is 2. The number of sulfonamides is 1. The number of anilines is 1. The molecule has 0 saturated carbocycles. The quantitative estimate of drug-likeness (QED) is 0.747. The molecule has 2 rings (SSSR count). The van der Waals surface area contributed by atoms with Crippen LogP contribution in [0.4, 0.5) is 5.69 Å². The maximum atomic E-state index is 12.0. The number of ether oxygens (including phenoxy) is 1. The Morgan fingerprint density at radius 1 is 1.38 bits per heavy atom. The van der Waals surface area contributed by atoms with Crippen molar-refractivity contribution in [1.29, 1.82) is 5.26 Å². The van der Waals surface area contributed by atoms with Crippen molar-refractivity contribution in [2.75, 3.05) is 31.3 Å². The number of hydrogen-bond acceptors (Lipinski definition) is 6. The second kappa shape index (κ2) is 8.49. The molecule has 1 fully saturated rings. The van der Waals surface area contributed by atoms with Crippen LogP contribution in [0.15, 0.2) is 18.2 Å². The normalized spacial score (nSPS) is 15.9. The molecule has 1 saturated heterocycles. The fourth-order valence-corrected chi connectivity index (χ4v) is 3.66. The number of nitrogens with one attached hydrogen (secondary N) is 1. The van der Waals surface area contributed by atoms with Gasteiger partial charge < -0.3 is 10.1 Å². The zero-order chi connectivity index (χ0) is 19.3. The van der Waals surface area contributed by atoms with E-state index in [-0.39, 0.29) is 23.7 Å². The summed E-state index contributed by atoms with van der Waals surface area (Å²) < 4.78 is 29.2. The third kappa shape index (κ3) is 5.42. The Hall–Kier alpha value is -2.15. The maximum absolute atomic E-state index is 12.0. The van der Waals surface area contributed by atoms with E-state index in [0.29, 0.717) is 18.5 Å². The van der Waals surface area contributed by atoms with E-state index >= 15 is 0 Å². The van der Waals surface area contributed by atoms with Gasteiger partial charge in [0.05, 0.1) is 22.8 Å². The summed E-state index contributed by atoms with van der Waals surface area (Å²) in [6.07, 6.45) is 1.85. The fourth-order valence-electron chi connectivity index (χ4n) is 2.56. The largest absolute Gasteiger partial charge is 0.455 e. The van der Waals surface area contributed by atoms with E-state index in [0.717, 1.165) is 6.26 Å². The monoisotopic (exact) mass is 399 g/mol. The highest BCUT2D eigenvalue weighted by Gasteiger charge is 2.30. The van der Waals surface area contributed by atoms with Gasteiger partial charge in [-0.3, -0.25) is 9.59 Å². The summed E-state index contributed by atoms with van der Waals surface area (Å²) in [5, 5.41) is 11.5. The van der Waals surface area contributed by atoms with E-state index in [1.54, 1.807) is 0 Å². The molecule has 1 aromatic rings. The molecule has 1 aromatic carbocycles. The highest BCUT2D eigenvalue weighted by atomic mass is 35.5. The van der Waals surface area contributed by atoms with Crippen LogP contribution in [0, 0.1) is 17.2 Å². The van der Waals surface area contributed by atoms with Crippen molar-refractivity contribution in [2.24, 2.45) is 5.92 Å². The minimum absolute atomic E-state index is 0.208. The molecular weight excluding hydrogens is 382 g/mol. The number of nitriles is 1. The lowest BCUT2D eigenvalue weighted by Crippen LogP contribution is -2.40. The zero-order valence-electron chi connectivity index (χ0n) is 14.1. The SMILES string of the molecule is CS(=O)(=O)N1CCC(C(=O)OCC(=O)Nc2ccc(C#N)c(Cl)c2)CC1. The molecule has 0 bridgehead atoms. The summed E-state index contributed by atoms with van der Waals surface area (Å²) in [7, 11) is -3.26. The zero-order valence-corrected chi connectivity index (χ0v) is 15.6. The number of esters is 1. The lowest BCUT2D eigenvalue weighted by atomic mass is 9.98. The van der Waals surface area contributed by atoms with Gasteiger partial charge in [0.25, 0.3) is 5.91 Å². The van der Waals surface area contributed by atoms with E-state index in [1.165, 1.54) is 22.5 Å². The molecular formula is C16H18ClN3O5S. The van der Waals surface area contributed by atoms with Gasteiger partial charge in [-0.1, -0.05) is 11.6 Å². The van der Waals surface area contributed by atoms with Gasteiger partial charge in [-0.2, -0.15) is 5.26 Å². The van der Waals surface area contributed by atoms with Crippen LogP contribution in [0.2, 0.25) is 5.02 Å². The molecule has 0 aromatic heterocycles. The van der Waals surface area contributed by atoms with Gasteiger partial charge in [0, 0.05) is 18.8 Å². The Labute approximate surface area is 156 Å². The summed E-state index contributed by atoms with van der Waals surface area (Å²) >= 11 is 5.88. The first-order valence-electron chi connectivity index (χ1n) is 7.82. The molecule has 1 N–H and O–H groups in total. The number of hydrogen-bond donors (Lipinski definition) is 1. The van der Waals surface area contributed by atoms with E-state index in [9.17, 15) is 18.0 Å². The summed E-state index contributed by atoms with van der Waals surface area (Å²) in [6, 6.07) is 6.33. The predicted octanol–water partition coefficient (Wildman–Crippen LogP) is 1.36. The average molecular weight is 400 g/mol. The van der Waals surface area contributed by atoms with Gasteiger partial charge in [-0.15, -0.1) is 0 Å². The molecule has 1 aliphatic rings. The van der Waals surface area contributed by atoms with Crippen molar-refractivity contribution in [3.8, 4) is 6.07 Å². The minimum atomic E-state index is -3.26. The second-order valence-electron chi connectivity index (χ2n) is 5.90. The molecule has 1 heterocycles. The number of rotatable bonds is 5. The van der Waals surface area contributed by atoms with Gasteiger partial charge >= 0.3 is 5.97 Å². The van der Waals surface area contributed by atoms with Crippen LogP contribution in [-0.4, -0.2) is 50.6 Å². The Bertz CT molecular complexity index is 842. The predicted molar refractivity (Wildman–Crippen MR) is 94.9 cm³/mol. The molecule has 0 atom stereocenters. The van der Waals surface area contributed by atoms with Crippen LogP contribution in [0.3, 0.4) is 0 Å². The van der Waals surface area contributed by atoms with E-state index in [4.69, 9.17) is 21.6 Å². The minimum Gasteiger partial charge on any atom is -0.455 e. The van der Waals surface area contributed by atoms with Crippen LogP contribution in [0.25, 0.3) is 0 Å². The number of halogens is 1. The second-order valence-corrected chi connectivity index (χ2v) is 8.29. The van der Waals surface area contributed by atoms with Gasteiger partial charge in [-0.05, 0) is 31.0 Å². The highest BCUT2D eigenvalue weighted by molar-refractivity contribution is 7.88. The van der Waals surface area contributed by atoms with E-state index in [2.05, 4.69) is 5.32 Å². The van der Waals surface area contributed by atoms with Gasteiger partial charge in [0.1, 0.15) is 6.07 Å². The van der Waals surface area contributed by atoms with Crippen molar-refractivity contribution >= 4 is 39.2 Å². The first-order chi connectivity index (χ1) is 12.2. The lowest BCUT2D eigenvalue weighted by molar-refractivity contribution is -0.152. The number of carbonyl (C=O) groups excluding carboxylic acids is 2. The Morgan fingerprint density at radius 2 is 2.04 bits per heavy atom. The first-order valence-corrected chi connectivity index (χ1v) is 10.0. The van der Waals surface area contributed by atoms with Gasteiger partial charge in [-0.25, -0.2) is 12.7 Å². The number of carbonyl (C=O) groups is 2. The van der Waals surface area contributed by atoms with Crippen molar-refractivity contribution in [3.05, 3.63) is 28.8 Å². The molecule has 140 valence electrons. The molecule has 0 aliphatic carbocycles. The first kappa shape index (κ1) is 20.2. The maximum Gasteiger partial charge on any atom is 0.309 e. The number of piperidine rings is 1. The van der Waals surface area contributed by atoms with Gasteiger partial charge in [0.2, 0.25) is 10.0 Å². The topological polar surface area (TPSA) is 117 Å². The van der Waals surface area contributed by atoms with E-state index in [1.807, 2.05) is 6.07 Å². The van der Waals surface area contributed by atoms with Crippen LogP contribution in [0.1, 0.15) is 18.4 Å².